The highest BCUT2D eigenvalue weighted by molar-refractivity contribution is 8.04. The van der Waals surface area contributed by atoms with Crippen LogP contribution in [0.2, 0.25) is 0 Å². The minimum absolute atomic E-state index is 0.0948. The molecular weight excluding hydrogens is 498 g/mol. The van der Waals surface area contributed by atoms with Crippen molar-refractivity contribution in [3.8, 4) is 0 Å². The summed E-state index contributed by atoms with van der Waals surface area (Å²) in [6.07, 6.45) is 5.01. The number of Topliss-reactive ketones (excluding diaryl/α,β-unsaturated/α-hetero) is 1. The average Bonchev–Trinajstić information content (AvgIpc) is 3.37. The smallest absolute Gasteiger partial charge is 0.159 e. The third-order valence-electron chi connectivity index (χ3n) is 5.98. The largest absolute Gasteiger partial charge is 0.377 e. The predicted octanol–water partition coefficient (Wildman–Crippen LogP) is 3.72. The second-order valence-electron chi connectivity index (χ2n) is 9.74. The van der Waals surface area contributed by atoms with Crippen molar-refractivity contribution >= 4 is 36.4 Å². The summed E-state index contributed by atoms with van der Waals surface area (Å²) >= 11 is 1.73. The molecule has 1 atom stereocenters. The number of nitrogens with one attached hydrogen (secondary N) is 2. The molecule has 1 heterocycles. The van der Waals surface area contributed by atoms with Gasteiger partial charge in [-0.2, -0.15) is 0 Å². The number of nitrogens with zero attached hydrogens (tertiary/aromatic N) is 3. The Labute approximate surface area is 233 Å². The van der Waals surface area contributed by atoms with Crippen molar-refractivity contribution in [1.82, 2.24) is 15.5 Å². The number of carbonyl (C=O) groups excluding carboxylic acids is 2. The number of aliphatic imine (C=N–C) groups is 2. The van der Waals surface area contributed by atoms with Gasteiger partial charge in [0.2, 0.25) is 0 Å². The maximum Gasteiger partial charge on any atom is 0.159 e. The number of hydrogen-bond acceptors (Lipinski definition) is 8. The molecule has 0 saturated heterocycles. The van der Waals surface area contributed by atoms with Crippen molar-refractivity contribution in [2.75, 3.05) is 67.3 Å². The molecule has 1 aromatic carbocycles. The Bertz CT molecular complexity index is 902. The number of thioether (sulfide) groups is 1. The zero-order valence-electron chi connectivity index (χ0n) is 23.9. The number of rotatable bonds is 17. The number of hydrogen-bond donors (Lipinski definition) is 2. The van der Waals surface area contributed by atoms with Gasteiger partial charge in [-0.15, -0.1) is 11.8 Å². The van der Waals surface area contributed by atoms with Crippen LogP contribution in [-0.4, -0.2) is 96.8 Å². The first kappa shape index (κ1) is 33.7. The Morgan fingerprint density at radius 2 is 1.89 bits per heavy atom. The van der Waals surface area contributed by atoms with E-state index in [-0.39, 0.29) is 17.8 Å². The number of ether oxygens (including phenoxy) is 1. The number of benzene rings is 1. The van der Waals surface area contributed by atoms with E-state index >= 15 is 0 Å². The third kappa shape index (κ3) is 12.5. The van der Waals surface area contributed by atoms with Crippen molar-refractivity contribution < 1.29 is 14.3 Å². The van der Waals surface area contributed by atoms with Crippen LogP contribution in [-0.2, 0) is 19.7 Å². The standard InChI is InChI=1S/C26H38N4O3S.C3H9N/c1-27-15-12-26(19-22(32)20-33-3,21-9-5-4-6-10-21)13-16-30-25(29-14-7-8-17-31)24-23(28-2)11-18-34-24;1-4(2)3/h4-6,9-10,17,27H,2,7-8,11-16,18-20H2,1,3H3,(H,29,30);1-3H3. The van der Waals surface area contributed by atoms with Crippen LogP contribution in [0.4, 0.5) is 0 Å². The van der Waals surface area contributed by atoms with Gasteiger partial charge < -0.3 is 25.1 Å². The van der Waals surface area contributed by atoms with Gasteiger partial charge in [-0.1, -0.05) is 30.3 Å². The minimum Gasteiger partial charge on any atom is -0.377 e. The highest BCUT2D eigenvalue weighted by atomic mass is 32.2. The SMILES string of the molecule is C=NC1=C(C(=NCCCC=O)NCCC(CCNC)(CC(=O)COC)c2ccccc2)SCC1.CN(C)C. The zero-order chi connectivity index (χ0) is 28.2. The van der Waals surface area contributed by atoms with E-state index in [0.717, 1.165) is 59.8 Å². The molecule has 0 radical (unpaired) electrons. The summed E-state index contributed by atoms with van der Waals surface area (Å²) in [5.74, 6) is 1.87. The topological polar surface area (TPSA) is 95.4 Å². The lowest BCUT2D eigenvalue weighted by molar-refractivity contribution is -0.124. The average molecular weight is 546 g/mol. The van der Waals surface area contributed by atoms with Gasteiger partial charge in [-0.25, -0.2) is 0 Å². The van der Waals surface area contributed by atoms with E-state index in [9.17, 15) is 9.59 Å². The molecule has 0 amide bonds. The van der Waals surface area contributed by atoms with Crippen molar-refractivity contribution in [3.05, 3.63) is 46.5 Å². The molecule has 0 aliphatic carbocycles. The summed E-state index contributed by atoms with van der Waals surface area (Å²) in [4.78, 5) is 35.4. The van der Waals surface area contributed by atoms with Crippen LogP contribution >= 0.6 is 11.8 Å². The number of allylic oxidation sites excluding steroid dienone is 1. The lowest BCUT2D eigenvalue weighted by Crippen LogP contribution is -2.38. The molecule has 9 heteroatoms. The van der Waals surface area contributed by atoms with Gasteiger partial charge in [0, 0.05) is 50.6 Å². The van der Waals surface area contributed by atoms with Crippen LogP contribution in [0.15, 0.2) is 50.9 Å². The van der Waals surface area contributed by atoms with Gasteiger partial charge in [0.05, 0.1) is 10.6 Å². The maximum absolute atomic E-state index is 12.7. The first-order valence-corrected chi connectivity index (χ1v) is 14.2. The summed E-state index contributed by atoms with van der Waals surface area (Å²) < 4.78 is 5.14. The monoisotopic (exact) mass is 545 g/mol. The van der Waals surface area contributed by atoms with E-state index in [2.05, 4.69) is 34.5 Å². The van der Waals surface area contributed by atoms with Gasteiger partial charge in [-0.3, -0.25) is 14.8 Å². The minimum atomic E-state index is -0.327. The number of aldehydes is 1. The Morgan fingerprint density at radius 1 is 1.21 bits per heavy atom. The highest BCUT2D eigenvalue weighted by Crippen LogP contribution is 2.36. The number of unbranched alkanes of at least 4 members (excludes halogenated alkanes) is 1. The van der Waals surface area contributed by atoms with E-state index < -0.39 is 0 Å². The maximum atomic E-state index is 12.7. The van der Waals surface area contributed by atoms with E-state index in [4.69, 9.17) is 9.73 Å². The van der Waals surface area contributed by atoms with Gasteiger partial charge in [-0.05, 0) is 66.3 Å². The summed E-state index contributed by atoms with van der Waals surface area (Å²) in [5.41, 5.74) is 1.79. The van der Waals surface area contributed by atoms with Crippen LogP contribution in [0.25, 0.3) is 0 Å². The molecule has 0 bridgehead atoms. The van der Waals surface area contributed by atoms with Crippen molar-refractivity contribution in [1.29, 1.82) is 0 Å². The Balaban J connectivity index is 0.00000168. The van der Waals surface area contributed by atoms with Crippen LogP contribution in [0.3, 0.4) is 0 Å². The Morgan fingerprint density at radius 3 is 2.50 bits per heavy atom. The van der Waals surface area contributed by atoms with Crippen molar-refractivity contribution in [3.63, 3.8) is 0 Å². The Hall–Kier alpha value is -2.33. The molecule has 1 aliphatic rings. The van der Waals surface area contributed by atoms with Crippen LogP contribution in [0.1, 0.15) is 44.1 Å². The fourth-order valence-electron chi connectivity index (χ4n) is 4.23. The summed E-state index contributed by atoms with van der Waals surface area (Å²) in [6, 6.07) is 10.3. The van der Waals surface area contributed by atoms with E-state index in [0.29, 0.717) is 32.4 Å². The molecule has 1 unspecified atom stereocenters. The first-order chi connectivity index (χ1) is 18.3. The molecule has 2 N–H and O–H groups in total. The first-order valence-electron chi connectivity index (χ1n) is 13.2. The summed E-state index contributed by atoms with van der Waals surface area (Å²) in [5, 5.41) is 6.79. The van der Waals surface area contributed by atoms with E-state index in [1.165, 1.54) is 0 Å². The molecule has 0 fully saturated rings. The van der Waals surface area contributed by atoms with Crippen molar-refractivity contribution in [2.24, 2.45) is 9.98 Å². The molecule has 1 aliphatic heterocycles. The van der Waals surface area contributed by atoms with Gasteiger partial charge in [0.15, 0.2) is 5.78 Å². The second kappa shape index (κ2) is 19.7. The number of methoxy groups -OCH3 is 1. The molecule has 0 aromatic heterocycles. The van der Waals surface area contributed by atoms with Crippen LogP contribution in [0.5, 0.6) is 0 Å². The van der Waals surface area contributed by atoms with Gasteiger partial charge in [0.25, 0.3) is 0 Å². The van der Waals surface area contributed by atoms with Gasteiger partial charge in [0.1, 0.15) is 18.7 Å². The normalized spacial score (nSPS) is 15.1. The fraction of sp³-hybridized carbons (Fsp3) is 0.586. The second-order valence-corrected chi connectivity index (χ2v) is 10.8. The third-order valence-corrected chi connectivity index (χ3v) is 7.11. The van der Waals surface area contributed by atoms with E-state index in [1.807, 2.05) is 51.3 Å². The molecule has 0 spiro atoms. The molecule has 8 nitrogen and oxygen atoms in total. The number of amidine groups is 1. The predicted molar refractivity (Wildman–Crippen MR) is 162 cm³/mol. The van der Waals surface area contributed by atoms with Crippen LogP contribution in [0, 0.1) is 0 Å². The van der Waals surface area contributed by atoms with Crippen LogP contribution < -0.4 is 10.6 Å². The molecule has 1 aromatic rings. The molecule has 38 heavy (non-hydrogen) atoms. The fourth-order valence-corrected chi connectivity index (χ4v) is 5.34. The molecular formula is C29H47N5O3S. The Kier molecular flexibility index (Phi) is 17.5. The molecule has 0 saturated carbocycles. The lowest BCUT2D eigenvalue weighted by Gasteiger charge is -2.35. The lowest BCUT2D eigenvalue weighted by atomic mass is 9.71. The number of carbonyl (C=O) groups is 2. The quantitative estimate of drug-likeness (QED) is 0.133. The van der Waals surface area contributed by atoms with Gasteiger partial charge >= 0.3 is 0 Å². The zero-order valence-corrected chi connectivity index (χ0v) is 24.7. The van der Waals surface area contributed by atoms with E-state index in [1.54, 1.807) is 18.9 Å². The number of ketones is 1. The summed E-state index contributed by atoms with van der Waals surface area (Å²) in [6.45, 7) is 5.86. The molecule has 2 rings (SSSR count). The molecule has 212 valence electrons. The highest BCUT2D eigenvalue weighted by Gasteiger charge is 2.34. The van der Waals surface area contributed by atoms with Crippen molar-refractivity contribution in [2.45, 2.75) is 43.9 Å². The summed E-state index contributed by atoms with van der Waals surface area (Å²) in [7, 11) is 9.49.